The molecule has 5 nitrogen and oxygen atoms in total. The second-order valence-corrected chi connectivity index (χ2v) is 8.18. The summed E-state index contributed by atoms with van der Waals surface area (Å²) in [6.45, 7) is 6.76. The number of hydrogen-bond donors (Lipinski definition) is 1. The van der Waals surface area contributed by atoms with Crippen LogP contribution in [0.2, 0.25) is 0 Å². The first-order valence-electron chi connectivity index (χ1n) is 8.21. The number of aryl methyl sites for hydroxylation is 2. The Balaban J connectivity index is 2.01. The quantitative estimate of drug-likeness (QED) is 0.896. The van der Waals surface area contributed by atoms with Gasteiger partial charge in [-0.05, 0) is 56.4 Å². The maximum Gasteiger partial charge on any atom is 0.243 e. The molecule has 1 amide bonds. The molecule has 0 atom stereocenters. The zero-order valence-electron chi connectivity index (χ0n) is 14.1. The molecule has 0 spiro atoms. The smallest absolute Gasteiger partial charge is 0.243 e. The van der Waals surface area contributed by atoms with Crippen LogP contribution in [0.1, 0.15) is 43.7 Å². The fourth-order valence-electron chi connectivity index (χ4n) is 2.79. The highest BCUT2D eigenvalue weighted by Gasteiger charge is 2.29. The van der Waals surface area contributed by atoms with Gasteiger partial charge >= 0.3 is 0 Å². The van der Waals surface area contributed by atoms with Crippen molar-refractivity contribution in [3.8, 4) is 0 Å². The molecule has 0 unspecified atom stereocenters. The third-order valence-corrected chi connectivity index (χ3v) is 6.31. The molecule has 0 saturated carbocycles. The van der Waals surface area contributed by atoms with Gasteiger partial charge in [0.05, 0.1) is 4.90 Å². The molecule has 128 valence electrons. The van der Waals surface area contributed by atoms with Gasteiger partial charge in [0.2, 0.25) is 15.9 Å². The number of benzene rings is 1. The molecule has 1 heterocycles. The Hall–Kier alpha value is -1.40. The number of nitrogens with one attached hydrogen (secondary N) is 1. The lowest BCUT2D eigenvalue weighted by molar-refractivity contribution is -0.122. The van der Waals surface area contributed by atoms with Crippen molar-refractivity contribution in [2.45, 2.75) is 57.4 Å². The fourth-order valence-corrected chi connectivity index (χ4v) is 4.35. The largest absolute Gasteiger partial charge is 0.353 e. The predicted octanol–water partition coefficient (Wildman–Crippen LogP) is 2.37. The third kappa shape index (κ3) is 4.32. The van der Waals surface area contributed by atoms with Crippen molar-refractivity contribution in [3.05, 3.63) is 29.3 Å². The molecule has 1 aromatic rings. The molecule has 0 aliphatic carbocycles. The van der Waals surface area contributed by atoms with Crippen molar-refractivity contribution < 1.29 is 13.2 Å². The number of amides is 1. The Morgan fingerprint density at radius 3 is 2.43 bits per heavy atom. The van der Waals surface area contributed by atoms with Gasteiger partial charge in [0.1, 0.15) is 0 Å². The average molecular weight is 338 g/mol. The first-order valence-corrected chi connectivity index (χ1v) is 9.65. The SMILES string of the molecule is CCCC(=O)NC1CCN(S(=O)(=O)c2ccc(C)c(C)c2)CC1. The fraction of sp³-hybridized carbons (Fsp3) is 0.588. The van der Waals surface area contributed by atoms with Gasteiger partial charge in [-0.1, -0.05) is 13.0 Å². The Bertz CT molecular complexity index is 662. The Morgan fingerprint density at radius 2 is 1.87 bits per heavy atom. The Labute approximate surface area is 139 Å². The van der Waals surface area contributed by atoms with E-state index in [0.29, 0.717) is 37.2 Å². The average Bonchev–Trinajstić information content (AvgIpc) is 2.50. The highest BCUT2D eigenvalue weighted by atomic mass is 32.2. The van der Waals surface area contributed by atoms with Gasteiger partial charge in [0.25, 0.3) is 0 Å². The lowest BCUT2D eigenvalue weighted by Gasteiger charge is -2.31. The molecule has 0 aromatic heterocycles. The minimum absolute atomic E-state index is 0.0583. The van der Waals surface area contributed by atoms with Gasteiger partial charge in [-0.3, -0.25) is 4.79 Å². The molecule has 23 heavy (non-hydrogen) atoms. The zero-order chi connectivity index (χ0) is 17.0. The number of nitrogens with zero attached hydrogens (tertiary/aromatic N) is 1. The van der Waals surface area contributed by atoms with Crippen molar-refractivity contribution in [3.63, 3.8) is 0 Å². The molecule has 0 bridgehead atoms. The van der Waals surface area contributed by atoms with Gasteiger partial charge in [-0.25, -0.2) is 8.42 Å². The van der Waals surface area contributed by atoms with Crippen LogP contribution < -0.4 is 5.32 Å². The number of piperidine rings is 1. The van der Waals surface area contributed by atoms with Crippen molar-refractivity contribution in [1.29, 1.82) is 0 Å². The van der Waals surface area contributed by atoms with Crippen molar-refractivity contribution in [1.82, 2.24) is 9.62 Å². The minimum atomic E-state index is -3.44. The maximum absolute atomic E-state index is 12.7. The van der Waals surface area contributed by atoms with E-state index in [0.717, 1.165) is 17.5 Å². The summed E-state index contributed by atoms with van der Waals surface area (Å²) >= 11 is 0. The summed E-state index contributed by atoms with van der Waals surface area (Å²) < 4.78 is 27.0. The molecule has 1 aliphatic rings. The van der Waals surface area contributed by atoms with Crippen molar-refractivity contribution in [2.75, 3.05) is 13.1 Å². The normalized spacial score (nSPS) is 17.2. The lowest BCUT2D eigenvalue weighted by Crippen LogP contribution is -2.46. The molecule has 0 radical (unpaired) electrons. The zero-order valence-corrected chi connectivity index (χ0v) is 14.9. The second-order valence-electron chi connectivity index (χ2n) is 6.24. The van der Waals surface area contributed by atoms with Crippen LogP contribution in [-0.4, -0.2) is 37.8 Å². The number of carbonyl (C=O) groups is 1. The number of carbonyl (C=O) groups excluding carboxylic acids is 1. The Kier molecular flexibility index (Phi) is 5.81. The highest BCUT2D eigenvalue weighted by Crippen LogP contribution is 2.22. The molecule has 1 aliphatic heterocycles. The number of hydrogen-bond acceptors (Lipinski definition) is 3. The molecule has 1 saturated heterocycles. The summed E-state index contributed by atoms with van der Waals surface area (Å²) in [6, 6.07) is 5.34. The number of sulfonamides is 1. The lowest BCUT2D eigenvalue weighted by atomic mass is 10.1. The topological polar surface area (TPSA) is 66.5 Å². The van der Waals surface area contributed by atoms with Crippen molar-refractivity contribution in [2.24, 2.45) is 0 Å². The minimum Gasteiger partial charge on any atom is -0.353 e. The molecule has 2 rings (SSSR count). The van der Waals surface area contributed by atoms with Crippen LogP contribution in [0.3, 0.4) is 0 Å². The van der Waals surface area contributed by atoms with Gasteiger partial charge in [0, 0.05) is 25.6 Å². The van der Waals surface area contributed by atoms with Crippen LogP contribution in [0, 0.1) is 13.8 Å². The van der Waals surface area contributed by atoms with Crippen LogP contribution in [0.5, 0.6) is 0 Å². The summed E-state index contributed by atoms with van der Waals surface area (Å²) in [7, 11) is -3.44. The van der Waals surface area contributed by atoms with Gasteiger partial charge < -0.3 is 5.32 Å². The Morgan fingerprint density at radius 1 is 1.22 bits per heavy atom. The van der Waals surface area contributed by atoms with E-state index in [2.05, 4.69) is 5.32 Å². The van der Waals surface area contributed by atoms with Gasteiger partial charge in [-0.15, -0.1) is 0 Å². The summed E-state index contributed by atoms with van der Waals surface area (Å²) in [6.07, 6.45) is 2.69. The third-order valence-electron chi connectivity index (χ3n) is 4.41. The summed E-state index contributed by atoms with van der Waals surface area (Å²) in [5, 5.41) is 2.99. The molecule has 1 N–H and O–H groups in total. The van der Waals surface area contributed by atoms with Crippen LogP contribution in [-0.2, 0) is 14.8 Å². The van der Waals surface area contributed by atoms with E-state index in [-0.39, 0.29) is 11.9 Å². The second kappa shape index (κ2) is 7.45. The molecular formula is C17H26N2O3S. The van der Waals surface area contributed by atoms with E-state index in [1.54, 1.807) is 12.1 Å². The molecule has 6 heteroatoms. The van der Waals surface area contributed by atoms with Crippen LogP contribution >= 0.6 is 0 Å². The molecule has 1 aromatic carbocycles. The predicted molar refractivity (Wildman–Crippen MR) is 90.7 cm³/mol. The first-order chi connectivity index (χ1) is 10.8. The van der Waals surface area contributed by atoms with Crippen molar-refractivity contribution >= 4 is 15.9 Å². The van der Waals surface area contributed by atoms with Crippen LogP contribution in [0.4, 0.5) is 0 Å². The van der Waals surface area contributed by atoms with Gasteiger partial charge in [-0.2, -0.15) is 4.31 Å². The van der Waals surface area contributed by atoms with E-state index in [1.165, 1.54) is 4.31 Å². The number of rotatable bonds is 5. The highest BCUT2D eigenvalue weighted by molar-refractivity contribution is 7.89. The van der Waals surface area contributed by atoms with E-state index >= 15 is 0 Å². The molecular weight excluding hydrogens is 312 g/mol. The summed E-state index contributed by atoms with van der Waals surface area (Å²) in [4.78, 5) is 12.0. The van der Waals surface area contributed by atoms with E-state index in [1.807, 2.05) is 26.8 Å². The summed E-state index contributed by atoms with van der Waals surface area (Å²) in [5.41, 5.74) is 2.06. The first kappa shape index (κ1) is 17.9. The molecule has 1 fully saturated rings. The maximum atomic E-state index is 12.7. The summed E-state index contributed by atoms with van der Waals surface area (Å²) in [5.74, 6) is 0.0583. The monoisotopic (exact) mass is 338 g/mol. The standard InChI is InChI=1S/C17H26N2O3S/c1-4-5-17(20)18-15-8-10-19(11-9-15)23(21,22)16-7-6-13(2)14(3)12-16/h6-7,12,15H,4-5,8-11H2,1-3H3,(H,18,20). The van der Waals surface area contributed by atoms with E-state index in [9.17, 15) is 13.2 Å². The van der Waals surface area contributed by atoms with E-state index in [4.69, 9.17) is 0 Å². The van der Waals surface area contributed by atoms with Crippen LogP contribution in [0.25, 0.3) is 0 Å². The van der Waals surface area contributed by atoms with Crippen LogP contribution in [0.15, 0.2) is 23.1 Å². The van der Waals surface area contributed by atoms with Gasteiger partial charge in [0.15, 0.2) is 0 Å². The van der Waals surface area contributed by atoms with E-state index < -0.39 is 10.0 Å².